The minimum atomic E-state index is -5.77. The first kappa shape index (κ1) is 36.6. The SMILES string of the molecule is CC1(c2ccc(O)cc2)CSc2cc(O)ccc2C1CCCCCCCCC=NC(=O)NS(=O)(=O)CCCC(F)(F)C(F)(F)F. The second-order valence-electron chi connectivity index (χ2n) is 11.6. The molecule has 0 radical (unpaired) electrons. The second kappa shape index (κ2) is 15.6. The fourth-order valence-electron chi connectivity index (χ4n) is 5.48. The van der Waals surface area contributed by atoms with E-state index in [0.29, 0.717) is 12.8 Å². The van der Waals surface area contributed by atoms with Gasteiger partial charge in [-0.3, -0.25) is 0 Å². The van der Waals surface area contributed by atoms with E-state index >= 15 is 0 Å². The van der Waals surface area contributed by atoms with Gasteiger partial charge in [0.05, 0.1) is 5.75 Å². The van der Waals surface area contributed by atoms with Crippen LogP contribution in [0, 0.1) is 0 Å². The van der Waals surface area contributed by atoms with E-state index in [1.54, 1.807) is 34.7 Å². The summed E-state index contributed by atoms with van der Waals surface area (Å²) >= 11 is 1.73. The molecule has 14 heteroatoms. The van der Waals surface area contributed by atoms with Crippen LogP contribution in [0.5, 0.6) is 11.5 Å². The van der Waals surface area contributed by atoms with Gasteiger partial charge in [-0.1, -0.05) is 57.2 Å². The number of nitrogens with one attached hydrogen (secondary N) is 1. The molecule has 2 aromatic rings. The summed E-state index contributed by atoms with van der Waals surface area (Å²) in [5.41, 5.74) is 2.24. The van der Waals surface area contributed by atoms with Crippen LogP contribution < -0.4 is 4.72 Å². The van der Waals surface area contributed by atoms with Gasteiger partial charge in [-0.05, 0) is 67.0 Å². The number of sulfonamides is 1. The number of phenols is 2. The molecule has 0 fully saturated rings. The molecule has 1 aliphatic rings. The number of alkyl halides is 5. The number of fused-ring (bicyclic) bond motifs is 1. The molecule has 250 valence electrons. The number of carbonyl (C=O) groups excluding carboxylic acids is 1. The molecule has 3 N–H and O–H groups in total. The van der Waals surface area contributed by atoms with E-state index in [4.69, 9.17) is 0 Å². The van der Waals surface area contributed by atoms with Gasteiger partial charge in [0.1, 0.15) is 11.5 Å². The zero-order valence-corrected chi connectivity index (χ0v) is 26.6. The summed E-state index contributed by atoms with van der Waals surface area (Å²) in [6.07, 6.45) is -0.247. The number of phenolic OH excluding ortho intramolecular Hbond substituents is 2. The molecule has 0 aliphatic carbocycles. The van der Waals surface area contributed by atoms with Crippen LogP contribution in [-0.2, 0) is 15.4 Å². The van der Waals surface area contributed by atoms with Crippen LogP contribution in [0.15, 0.2) is 52.4 Å². The van der Waals surface area contributed by atoms with Crippen LogP contribution in [0.25, 0.3) is 0 Å². The number of hydrogen-bond acceptors (Lipinski definition) is 6. The minimum absolute atomic E-state index is 0.144. The van der Waals surface area contributed by atoms with Gasteiger partial charge in [-0.2, -0.15) is 22.0 Å². The van der Waals surface area contributed by atoms with Crippen molar-refractivity contribution in [3.63, 3.8) is 0 Å². The molecule has 2 aromatic carbocycles. The maximum absolute atomic E-state index is 12.9. The molecule has 0 saturated carbocycles. The lowest BCUT2D eigenvalue weighted by Gasteiger charge is -2.43. The molecule has 1 heterocycles. The van der Waals surface area contributed by atoms with Gasteiger partial charge < -0.3 is 10.2 Å². The Hall–Kier alpha value is -2.87. The summed E-state index contributed by atoms with van der Waals surface area (Å²) in [5, 5.41) is 19.8. The smallest absolute Gasteiger partial charge is 0.453 e. The average Bonchev–Trinajstić information content (AvgIpc) is 2.94. The second-order valence-corrected chi connectivity index (χ2v) is 14.4. The Morgan fingerprint density at radius 3 is 2.27 bits per heavy atom. The fourth-order valence-corrected chi connectivity index (χ4v) is 7.83. The van der Waals surface area contributed by atoms with Crippen molar-refractivity contribution in [1.29, 1.82) is 0 Å². The Labute approximate surface area is 264 Å². The molecular weight excluding hydrogens is 639 g/mol. The van der Waals surface area contributed by atoms with Gasteiger partial charge in [0.2, 0.25) is 10.0 Å². The summed E-state index contributed by atoms with van der Waals surface area (Å²) in [7, 11) is -4.40. The molecule has 7 nitrogen and oxygen atoms in total. The number of aromatic hydroxyl groups is 2. The van der Waals surface area contributed by atoms with E-state index in [1.165, 1.54) is 11.8 Å². The lowest BCUT2D eigenvalue weighted by atomic mass is 9.68. The van der Waals surface area contributed by atoms with Crippen LogP contribution in [0.1, 0.15) is 88.2 Å². The van der Waals surface area contributed by atoms with Crippen molar-refractivity contribution >= 4 is 34.0 Å². The molecule has 45 heavy (non-hydrogen) atoms. The first-order valence-corrected chi connectivity index (χ1v) is 17.4. The highest BCUT2D eigenvalue weighted by molar-refractivity contribution is 7.99. The maximum Gasteiger partial charge on any atom is 0.453 e. The van der Waals surface area contributed by atoms with Crippen molar-refractivity contribution in [1.82, 2.24) is 4.72 Å². The third kappa shape index (κ3) is 10.6. The lowest BCUT2D eigenvalue weighted by molar-refractivity contribution is -0.284. The topological polar surface area (TPSA) is 116 Å². The van der Waals surface area contributed by atoms with Crippen LogP contribution >= 0.6 is 11.8 Å². The van der Waals surface area contributed by atoms with E-state index < -0.39 is 46.7 Å². The van der Waals surface area contributed by atoms with Crippen LogP contribution in [0.2, 0.25) is 0 Å². The number of rotatable bonds is 15. The highest BCUT2D eigenvalue weighted by Gasteiger charge is 2.56. The fraction of sp³-hybridized carbons (Fsp3) is 0.548. The van der Waals surface area contributed by atoms with Crippen LogP contribution in [0.3, 0.4) is 0 Å². The summed E-state index contributed by atoms with van der Waals surface area (Å²) in [6, 6.07) is 11.7. The number of thioether (sulfide) groups is 1. The third-order valence-electron chi connectivity index (χ3n) is 8.04. The first-order valence-electron chi connectivity index (χ1n) is 14.8. The number of urea groups is 1. The highest BCUT2D eigenvalue weighted by atomic mass is 32.2. The monoisotopic (exact) mass is 678 g/mol. The molecule has 3 rings (SSSR count). The molecule has 0 aromatic heterocycles. The van der Waals surface area contributed by atoms with Crippen molar-refractivity contribution < 1.29 is 45.4 Å². The molecule has 0 spiro atoms. The summed E-state index contributed by atoms with van der Waals surface area (Å²) in [4.78, 5) is 16.3. The molecule has 1 aliphatic heterocycles. The van der Waals surface area contributed by atoms with Gasteiger partial charge in [0.25, 0.3) is 0 Å². The molecule has 2 atom stereocenters. The quantitative estimate of drug-likeness (QED) is 0.0989. The molecule has 0 bridgehead atoms. The number of nitrogens with zero attached hydrogens (tertiary/aromatic N) is 1. The predicted octanol–water partition coefficient (Wildman–Crippen LogP) is 8.45. The first-order chi connectivity index (χ1) is 21.0. The van der Waals surface area contributed by atoms with E-state index in [0.717, 1.165) is 54.7 Å². The van der Waals surface area contributed by atoms with Crippen LogP contribution in [-0.4, -0.2) is 54.5 Å². The van der Waals surface area contributed by atoms with Gasteiger partial charge in [0.15, 0.2) is 0 Å². The van der Waals surface area contributed by atoms with Gasteiger partial charge >= 0.3 is 18.1 Å². The zero-order chi connectivity index (χ0) is 33.3. The minimum Gasteiger partial charge on any atom is -0.508 e. The van der Waals surface area contributed by atoms with E-state index in [2.05, 4.69) is 11.9 Å². The van der Waals surface area contributed by atoms with E-state index in [-0.39, 0.29) is 22.8 Å². The Kier molecular flexibility index (Phi) is 12.7. The van der Waals surface area contributed by atoms with Gasteiger partial charge in [0, 0.05) is 28.7 Å². The molecule has 2 amide bonds. The molecule has 0 saturated heterocycles. The van der Waals surface area contributed by atoms with E-state index in [9.17, 15) is 45.4 Å². The Morgan fingerprint density at radius 1 is 0.978 bits per heavy atom. The van der Waals surface area contributed by atoms with Crippen molar-refractivity contribution in [2.24, 2.45) is 4.99 Å². The van der Waals surface area contributed by atoms with Gasteiger partial charge in [-0.25, -0.2) is 22.9 Å². The maximum atomic E-state index is 12.9. The van der Waals surface area contributed by atoms with Crippen molar-refractivity contribution in [3.8, 4) is 11.5 Å². The average molecular weight is 679 g/mol. The largest absolute Gasteiger partial charge is 0.508 e. The number of aliphatic imine (C=N–C) groups is 1. The Bertz CT molecular complexity index is 1420. The highest BCUT2D eigenvalue weighted by Crippen LogP contribution is 2.52. The van der Waals surface area contributed by atoms with Crippen molar-refractivity contribution in [2.75, 3.05) is 11.5 Å². The Balaban J connectivity index is 1.37. The van der Waals surface area contributed by atoms with Crippen LogP contribution in [0.4, 0.5) is 26.7 Å². The number of unbranched alkanes of at least 4 members (excludes halogenated alkanes) is 6. The standard InChI is InChI=1S/C31H39F5N2O5S2/c1-29(22-11-13-23(39)14-12-22)21-44-27-20-24(40)15-16-25(27)26(29)10-7-5-3-2-4-6-8-18-37-28(41)38-45(42,43)19-9-17-30(32,33)31(34,35)36/h11-16,18,20,26,39-40H,2-10,17,19,21H2,1H3,(H,38,41). The number of hydrogen-bond donors (Lipinski definition) is 3. The third-order valence-corrected chi connectivity index (χ3v) is 10.8. The number of benzene rings is 2. The normalized spacial score (nSPS) is 19.0. The molecular formula is C31H39F5N2O5S2. The number of carbonyl (C=O) groups is 1. The van der Waals surface area contributed by atoms with E-state index in [1.807, 2.05) is 24.3 Å². The van der Waals surface area contributed by atoms with Crippen molar-refractivity contribution in [2.45, 2.75) is 99.5 Å². The van der Waals surface area contributed by atoms with Gasteiger partial charge in [-0.15, -0.1) is 11.8 Å². The van der Waals surface area contributed by atoms with Crippen molar-refractivity contribution in [3.05, 3.63) is 53.6 Å². The molecule has 2 unspecified atom stereocenters. The lowest BCUT2D eigenvalue weighted by Crippen LogP contribution is -2.37. The predicted molar refractivity (Wildman–Crippen MR) is 165 cm³/mol. The zero-order valence-electron chi connectivity index (χ0n) is 25.0. The summed E-state index contributed by atoms with van der Waals surface area (Å²) in [6.45, 7) is 2.25. The summed E-state index contributed by atoms with van der Waals surface area (Å²) < 4.78 is 87.5. The number of amides is 2. The Morgan fingerprint density at radius 2 is 1.60 bits per heavy atom. The number of halogens is 5. The summed E-state index contributed by atoms with van der Waals surface area (Å²) in [5.74, 6) is -4.50.